The van der Waals surface area contributed by atoms with E-state index >= 15 is 0 Å². The minimum Gasteiger partial charge on any atom is -0.198 e. The van der Waals surface area contributed by atoms with Crippen LogP contribution in [0.4, 0.5) is 0 Å². The van der Waals surface area contributed by atoms with E-state index in [4.69, 9.17) is 15.8 Å². The van der Waals surface area contributed by atoms with Crippen LogP contribution in [0.15, 0.2) is 0 Å². The maximum Gasteiger partial charge on any atom is 0.0701 e. The quantitative estimate of drug-likeness (QED) is 0.682. The fraction of sp³-hybridized carbons (Fsp3) is 0.727. The zero-order chi connectivity index (χ0) is 11.2. The van der Waals surface area contributed by atoms with E-state index in [1.165, 1.54) is 0 Å². The van der Waals surface area contributed by atoms with E-state index < -0.39 is 5.41 Å². The molecule has 0 amide bonds. The van der Waals surface area contributed by atoms with Gasteiger partial charge in [0.15, 0.2) is 0 Å². The molecule has 0 bridgehead atoms. The lowest BCUT2D eigenvalue weighted by Crippen LogP contribution is -2.23. The first-order chi connectivity index (χ1) is 6.50. The molecular formula is C11H15N3. The van der Waals surface area contributed by atoms with Gasteiger partial charge in [0.1, 0.15) is 0 Å². The molecule has 3 atom stereocenters. The molecule has 0 spiro atoms. The molecule has 3 unspecified atom stereocenters. The molecule has 14 heavy (non-hydrogen) atoms. The van der Waals surface area contributed by atoms with Gasteiger partial charge in [-0.05, 0) is 33.6 Å². The molecule has 0 aliphatic carbocycles. The summed E-state index contributed by atoms with van der Waals surface area (Å²) in [6, 6.07) is 6.40. The second kappa shape index (κ2) is 5.25. The van der Waals surface area contributed by atoms with Crippen molar-refractivity contribution in [2.45, 2.75) is 33.6 Å². The Balaban J connectivity index is 4.39. The predicted octanol–water partition coefficient (Wildman–Crippen LogP) is 2.62. The van der Waals surface area contributed by atoms with E-state index in [0.717, 1.165) is 0 Å². The Morgan fingerprint density at radius 2 is 1.71 bits per heavy atom. The van der Waals surface area contributed by atoms with Gasteiger partial charge in [0, 0.05) is 5.92 Å². The first-order valence-electron chi connectivity index (χ1n) is 4.70. The maximum atomic E-state index is 8.99. The van der Waals surface area contributed by atoms with Gasteiger partial charge < -0.3 is 0 Å². The molecule has 0 aliphatic rings. The largest absolute Gasteiger partial charge is 0.198 e. The van der Waals surface area contributed by atoms with Crippen LogP contribution < -0.4 is 0 Å². The van der Waals surface area contributed by atoms with Gasteiger partial charge in [-0.2, -0.15) is 15.8 Å². The smallest absolute Gasteiger partial charge is 0.0701 e. The SMILES string of the molecule is CC(C#N)CCC(C)(C#N)C(C)C#N. The summed E-state index contributed by atoms with van der Waals surface area (Å²) in [7, 11) is 0. The molecule has 0 fully saturated rings. The zero-order valence-corrected chi connectivity index (χ0v) is 8.91. The van der Waals surface area contributed by atoms with Gasteiger partial charge in [-0.3, -0.25) is 0 Å². The van der Waals surface area contributed by atoms with Gasteiger partial charge in [-0.15, -0.1) is 0 Å². The second-order valence-electron chi connectivity index (χ2n) is 3.95. The van der Waals surface area contributed by atoms with E-state index in [9.17, 15) is 0 Å². The van der Waals surface area contributed by atoms with Crippen LogP contribution in [-0.2, 0) is 0 Å². The van der Waals surface area contributed by atoms with Gasteiger partial charge in [-0.1, -0.05) is 0 Å². The van der Waals surface area contributed by atoms with Crippen molar-refractivity contribution >= 4 is 0 Å². The first kappa shape index (κ1) is 12.5. The van der Waals surface area contributed by atoms with Gasteiger partial charge in [0.05, 0.1) is 29.5 Å². The molecule has 0 heterocycles. The van der Waals surface area contributed by atoms with Crippen LogP contribution in [0.3, 0.4) is 0 Å². The second-order valence-corrected chi connectivity index (χ2v) is 3.95. The van der Waals surface area contributed by atoms with Crippen molar-refractivity contribution in [1.82, 2.24) is 0 Å². The minimum atomic E-state index is -0.625. The highest BCUT2D eigenvalue weighted by Gasteiger charge is 2.31. The lowest BCUT2D eigenvalue weighted by Gasteiger charge is -2.24. The molecule has 0 aromatic rings. The van der Waals surface area contributed by atoms with Crippen molar-refractivity contribution in [1.29, 1.82) is 15.8 Å². The molecule has 0 rings (SSSR count). The lowest BCUT2D eigenvalue weighted by molar-refractivity contribution is 0.302. The average Bonchev–Trinajstić information content (AvgIpc) is 2.23. The third kappa shape index (κ3) is 3.08. The highest BCUT2D eigenvalue weighted by atomic mass is 14.4. The van der Waals surface area contributed by atoms with Crippen molar-refractivity contribution in [3.05, 3.63) is 0 Å². The summed E-state index contributed by atoms with van der Waals surface area (Å²) < 4.78 is 0. The van der Waals surface area contributed by atoms with Crippen LogP contribution in [0.5, 0.6) is 0 Å². The normalized spacial score (nSPS) is 18.0. The molecule has 0 aromatic carbocycles. The van der Waals surface area contributed by atoms with Gasteiger partial charge in [0.25, 0.3) is 0 Å². The zero-order valence-electron chi connectivity index (χ0n) is 8.91. The number of hydrogen-bond donors (Lipinski definition) is 0. The van der Waals surface area contributed by atoms with E-state index in [0.29, 0.717) is 12.8 Å². The van der Waals surface area contributed by atoms with Crippen LogP contribution >= 0.6 is 0 Å². The summed E-state index contributed by atoms with van der Waals surface area (Å²) in [6.07, 6.45) is 1.28. The summed E-state index contributed by atoms with van der Waals surface area (Å²) in [5.41, 5.74) is -0.625. The summed E-state index contributed by atoms with van der Waals surface area (Å²) in [5, 5.41) is 26.3. The van der Waals surface area contributed by atoms with E-state index in [1.54, 1.807) is 13.8 Å². The van der Waals surface area contributed by atoms with Crippen molar-refractivity contribution < 1.29 is 0 Å². The Morgan fingerprint density at radius 3 is 2.07 bits per heavy atom. The molecule has 0 N–H and O–H groups in total. The molecule has 0 aliphatic heterocycles. The summed E-state index contributed by atoms with van der Waals surface area (Å²) in [4.78, 5) is 0. The van der Waals surface area contributed by atoms with E-state index in [1.807, 2.05) is 6.92 Å². The van der Waals surface area contributed by atoms with Crippen molar-refractivity contribution in [3.63, 3.8) is 0 Å². The van der Waals surface area contributed by atoms with Gasteiger partial charge in [-0.25, -0.2) is 0 Å². The van der Waals surface area contributed by atoms with Crippen molar-refractivity contribution in [3.8, 4) is 18.2 Å². The van der Waals surface area contributed by atoms with Gasteiger partial charge in [0.2, 0.25) is 0 Å². The summed E-state index contributed by atoms with van der Waals surface area (Å²) in [6.45, 7) is 5.36. The van der Waals surface area contributed by atoms with Crippen LogP contribution in [0, 0.1) is 51.2 Å². The van der Waals surface area contributed by atoms with Crippen molar-refractivity contribution in [2.75, 3.05) is 0 Å². The molecule has 0 aromatic heterocycles. The Bertz CT molecular complexity index is 302. The summed E-state index contributed by atoms with van der Waals surface area (Å²) >= 11 is 0. The highest BCUT2D eigenvalue weighted by molar-refractivity contribution is 5.06. The van der Waals surface area contributed by atoms with Gasteiger partial charge >= 0.3 is 0 Å². The minimum absolute atomic E-state index is 0.0476. The topological polar surface area (TPSA) is 71.4 Å². The molecule has 3 heteroatoms. The van der Waals surface area contributed by atoms with Crippen LogP contribution in [-0.4, -0.2) is 0 Å². The van der Waals surface area contributed by atoms with Crippen LogP contribution in [0.2, 0.25) is 0 Å². The fourth-order valence-corrected chi connectivity index (χ4v) is 1.09. The van der Waals surface area contributed by atoms with E-state index in [-0.39, 0.29) is 11.8 Å². The average molecular weight is 189 g/mol. The Morgan fingerprint density at radius 1 is 1.14 bits per heavy atom. The maximum absolute atomic E-state index is 8.99. The Kier molecular flexibility index (Phi) is 4.68. The molecule has 0 saturated heterocycles. The third-order valence-corrected chi connectivity index (χ3v) is 2.72. The summed E-state index contributed by atoms with van der Waals surface area (Å²) in [5.74, 6) is -0.341. The van der Waals surface area contributed by atoms with E-state index in [2.05, 4.69) is 18.2 Å². The fourth-order valence-electron chi connectivity index (χ4n) is 1.09. The first-order valence-corrected chi connectivity index (χ1v) is 4.70. The number of nitriles is 3. The molecule has 0 radical (unpaired) electrons. The number of nitrogens with zero attached hydrogens (tertiary/aromatic N) is 3. The molecule has 3 nitrogen and oxygen atoms in total. The number of rotatable bonds is 4. The monoisotopic (exact) mass is 189 g/mol. The lowest BCUT2D eigenvalue weighted by atomic mass is 9.75. The van der Waals surface area contributed by atoms with Crippen LogP contribution in [0.1, 0.15) is 33.6 Å². The van der Waals surface area contributed by atoms with Crippen LogP contribution in [0.25, 0.3) is 0 Å². The number of hydrogen-bond acceptors (Lipinski definition) is 3. The van der Waals surface area contributed by atoms with Crippen molar-refractivity contribution in [2.24, 2.45) is 17.3 Å². The molecular weight excluding hydrogens is 174 g/mol. The standard InChI is InChI=1S/C11H15N3/c1-9(6-12)4-5-11(3,8-14)10(2)7-13/h9-10H,4-5H2,1-3H3. The Labute approximate surface area is 85.6 Å². The third-order valence-electron chi connectivity index (χ3n) is 2.72. The molecule has 0 saturated carbocycles. The highest BCUT2D eigenvalue weighted by Crippen LogP contribution is 2.32. The molecule has 74 valence electrons. The predicted molar refractivity (Wildman–Crippen MR) is 52.5 cm³/mol. The Hall–Kier alpha value is -1.53.